The molecular formula is C10H21NO3. The molecular weight excluding hydrogens is 182 g/mol. The van der Waals surface area contributed by atoms with Crippen LogP contribution in [0, 0.1) is 0 Å². The third kappa shape index (κ3) is 9.48. The summed E-state index contributed by atoms with van der Waals surface area (Å²) < 4.78 is 4.95. The average molecular weight is 203 g/mol. The number of hydrogen-bond acceptors (Lipinski definition) is 3. The summed E-state index contributed by atoms with van der Waals surface area (Å²) in [5, 5.41) is 11.7. The number of carboxylic acid groups (broad SMARTS) is 1. The van der Waals surface area contributed by atoms with Crippen LogP contribution in [0.3, 0.4) is 0 Å². The minimum Gasteiger partial charge on any atom is -0.481 e. The third-order valence-electron chi connectivity index (χ3n) is 2.07. The molecule has 14 heavy (non-hydrogen) atoms. The summed E-state index contributed by atoms with van der Waals surface area (Å²) in [6.45, 7) is 3.76. The van der Waals surface area contributed by atoms with Gasteiger partial charge >= 0.3 is 5.97 Å². The molecule has 0 aromatic carbocycles. The molecule has 0 bridgehead atoms. The van der Waals surface area contributed by atoms with E-state index in [0.717, 1.165) is 32.4 Å². The number of unbranched alkanes of at least 4 members (excludes halogenated alkanes) is 1. The van der Waals surface area contributed by atoms with Crippen LogP contribution in [0.5, 0.6) is 0 Å². The van der Waals surface area contributed by atoms with Crippen molar-refractivity contribution in [2.45, 2.75) is 38.6 Å². The molecule has 1 unspecified atom stereocenters. The van der Waals surface area contributed by atoms with E-state index in [-0.39, 0.29) is 6.42 Å². The Hall–Kier alpha value is -0.610. The Kier molecular flexibility index (Phi) is 8.57. The van der Waals surface area contributed by atoms with Gasteiger partial charge in [-0.1, -0.05) is 0 Å². The quantitative estimate of drug-likeness (QED) is 0.554. The minimum absolute atomic E-state index is 0.272. The van der Waals surface area contributed by atoms with Crippen LogP contribution in [0.25, 0.3) is 0 Å². The predicted octanol–water partition coefficient (Wildman–Crippen LogP) is 1.26. The van der Waals surface area contributed by atoms with Crippen molar-refractivity contribution in [1.82, 2.24) is 5.32 Å². The van der Waals surface area contributed by atoms with E-state index in [1.807, 2.05) is 0 Å². The maximum atomic E-state index is 10.2. The number of carbonyl (C=O) groups is 1. The second-order valence-electron chi connectivity index (χ2n) is 3.49. The van der Waals surface area contributed by atoms with Crippen molar-refractivity contribution in [3.05, 3.63) is 0 Å². The maximum absolute atomic E-state index is 10.2. The fourth-order valence-electron chi connectivity index (χ4n) is 1.15. The van der Waals surface area contributed by atoms with Crippen LogP contribution in [0.15, 0.2) is 0 Å². The van der Waals surface area contributed by atoms with E-state index < -0.39 is 5.97 Å². The molecule has 0 aromatic heterocycles. The Morgan fingerprint density at radius 2 is 2.21 bits per heavy atom. The molecule has 0 amide bonds. The topological polar surface area (TPSA) is 58.6 Å². The van der Waals surface area contributed by atoms with Crippen LogP contribution in [-0.4, -0.2) is 37.4 Å². The van der Waals surface area contributed by atoms with Crippen molar-refractivity contribution in [3.63, 3.8) is 0 Å². The fraction of sp³-hybridized carbons (Fsp3) is 0.900. The van der Waals surface area contributed by atoms with Crippen LogP contribution in [0.4, 0.5) is 0 Å². The normalized spacial score (nSPS) is 12.7. The van der Waals surface area contributed by atoms with Crippen molar-refractivity contribution in [2.75, 3.05) is 20.3 Å². The molecule has 0 saturated carbocycles. The van der Waals surface area contributed by atoms with E-state index in [1.54, 1.807) is 7.11 Å². The van der Waals surface area contributed by atoms with Gasteiger partial charge in [-0.05, 0) is 32.7 Å². The first-order valence-electron chi connectivity index (χ1n) is 5.11. The monoisotopic (exact) mass is 203 g/mol. The largest absolute Gasteiger partial charge is 0.481 e. The van der Waals surface area contributed by atoms with Gasteiger partial charge < -0.3 is 15.2 Å². The number of carboxylic acids is 1. The summed E-state index contributed by atoms with van der Waals surface area (Å²) in [4.78, 5) is 10.2. The Balaban J connectivity index is 3.14. The van der Waals surface area contributed by atoms with E-state index in [1.165, 1.54) is 0 Å². The lowest BCUT2D eigenvalue weighted by atomic mass is 10.2. The second-order valence-corrected chi connectivity index (χ2v) is 3.49. The van der Waals surface area contributed by atoms with Gasteiger partial charge in [0, 0.05) is 26.2 Å². The first kappa shape index (κ1) is 13.4. The van der Waals surface area contributed by atoms with Gasteiger partial charge in [0.1, 0.15) is 0 Å². The van der Waals surface area contributed by atoms with Crippen molar-refractivity contribution >= 4 is 5.97 Å². The van der Waals surface area contributed by atoms with Crippen LogP contribution >= 0.6 is 0 Å². The first-order valence-corrected chi connectivity index (χ1v) is 5.11. The van der Waals surface area contributed by atoms with Crippen LogP contribution in [0.2, 0.25) is 0 Å². The zero-order chi connectivity index (χ0) is 10.8. The first-order chi connectivity index (χ1) is 6.66. The molecule has 0 rings (SSSR count). The Bertz CT molecular complexity index is 150. The Morgan fingerprint density at radius 1 is 1.50 bits per heavy atom. The highest BCUT2D eigenvalue weighted by Crippen LogP contribution is 1.96. The molecule has 84 valence electrons. The molecule has 0 aliphatic heterocycles. The smallest absolute Gasteiger partial charge is 0.303 e. The number of rotatable bonds is 9. The van der Waals surface area contributed by atoms with Crippen molar-refractivity contribution in [3.8, 4) is 0 Å². The van der Waals surface area contributed by atoms with Crippen LogP contribution in [0.1, 0.15) is 32.6 Å². The highest BCUT2D eigenvalue weighted by molar-refractivity contribution is 5.66. The summed E-state index contributed by atoms with van der Waals surface area (Å²) in [5.74, 6) is -0.711. The van der Waals surface area contributed by atoms with Gasteiger partial charge in [0.15, 0.2) is 0 Å². The molecule has 0 saturated heterocycles. The molecule has 4 heteroatoms. The molecule has 0 aliphatic rings. The van der Waals surface area contributed by atoms with E-state index in [0.29, 0.717) is 6.04 Å². The van der Waals surface area contributed by atoms with Gasteiger partial charge in [-0.3, -0.25) is 4.79 Å². The van der Waals surface area contributed by atoms with Crippen molar-refractivity contribution in [1.29, 1.82) is 0 Å². The summed E-state index contributed by atoms with van der Waals surface area (Å²) in [6, 6.07) is 0.444. The van der Waals surface area contributed by atoms with E-state index >= 15 is 0 Å². The molecule has 0 aliphatic carbocycles. The fourth-order valence-corrected chi connectivity index (χ4v) is 1.15. The number of hydrogen-bond donors (Lipinski definition) is 2. The van der Waals surface area contributed by atoms with Gasteiger partial charge in [-0.15, -0.1) is 0 Å². The number of methoxy groups -OCH3 is 1. The van der Waals surface area contributed by atoms with Gasteiger partial charge in [-0.25, -0.2) is 0 Å². The summed E-state index contributed by atoms with van der Waals surface area (Å²) in [7, 11) is 1.69. The van der Waals surface area contributed by atoms with Gasteiger partial charge in [0.2, 0.25) is 0 Å². The highest BCUT2D eigenvalue weighted by Gasteiger charge is 2.00. The van der Waals surface area contributed by atoms with Crippen LogP contribution < -0.4 is 5.32 Å². The average Bonchev–Trinajstić information content (AvgIpc) is 2.13. The lowest BCUT2D eigenvalue weighted by molar-refractivity contribution is -0.137. The SMILES string of the molecule is COCCC(C)NCCCCC(=O)O. The molecule has 2 N–H and O–H groups in total. The molecule has 0 spiro atoms. The molecule has 0 heterocycles. The van der Waals surface area contributed by atoms with E-state index in [4.69, 9.17) is 9.84 Å². The van der Waals surface area contributed by atoms with Crippen molar-refractivity contribution < 1.29 is 14.6 Å². The van der Waals surface area contributed by atoms with Crippen molar-refractivity contribution in [2.24, 2.45) is 0 Å². The lowest BCUT2D eigenvalue weighted by Crippen LogP contribution is -2.28. The number of nitrogens with one attached hydrogen (secondary N) is 1. The molecule has 0 aromatic rings. The summed E-state index contributed by atoms with van der Waals surface area (Å²) in [6.07, 6.45) is 2.94. The van der Waals surface area contributed by atoms with E-state index in [2.05, 4.69) is 12.2 Å². The summed E-state index contributed by atoms with van der Waals surface area (Å²) in [5.41, 5.74) is 0. The molecule has 0 radical (unpaired) electrons. The van der Waals surface area contributed by atoms with Gasteiger partial charge in [0.05, 0.1) is 0 Å². The van der Waals surface area contributed by atoms with Gasteiger partial charge in [0.25, 0.3) is 0 Å². The second kappa shape index (κ2) is 8.97. The number of aliphatic carboxylic acids is 1. The highest BCUT2D eigenvalue weighted by atomic mass is 16.5. The molecule has 4 nitrogen and oxygen atoms in total. The predicted molar refractivity (Wildman–Crippen MR) is 55.4 cm³/mol. The molecule has 0 fully saturated rings. The Labute approximate surface area is 85.6 Å². The zero-order valence-electron chi connectivity index (χ0n) is 9.08. The summed E-state index contributed by atoms with van der Waals surface area (Å²) >= 11 is 0. The Morgan fingerprint density at radius 3 is 2.79 bits per heavy atom. The zero-order valence-corrected chi connectivity index (χ0v) is 9.08. The standard InChI is InChI=1S/C10H21NO3/c1-9(6-8-14-2)11-7-4-3-5-10(12)13/h9,11H,3-8H2,1-2H3,(H,12,13). The van der Waals surface area contributed by atoms with E-state index in [9.17, 15) is 4.79 Å². The van der Waals surface area contributed by atoms with Gasteiger partial charge in [-0.2, -0.15) is 0 Å². The van der Waals surface area contributed by atoms with Crippen LogP contribution in [-0.2, 0) is 9.53 Å². The third-order valence-corrected chi connectivity index (χ3v) is 2.07. The molecule has 1 atom stereocenters. The minimum atomic E-state index is -0.711. The number of ether oxygens (including phenoxy) is 1. The maximum Gasteiger partial charge on any atom is 0.303 e. The lowest BCUT2D eigenvalue weighted by Gasteiger charge is -2.12.